The highest BCUT2D eigenvalue weighted by molar-refractivity contribution is 5.93. The average Bonchev–Trinajstić information content (AvgIpc) is 3.37. The molecule has 1 spiro atoms. The van der Waals surface area contributed by atoms with Crippen LogP contribution >= 0.6 is 0 Å². The second-order valence-electron chi connectivity index (χ2n) is 7.72. The van der Waals surface area contributed by atoms with Gasteiger partial charge in [0.2, 0.25) is 5.91 Å². The molecule has 1 aromatic heterocycles. The first-order valence-corrected chi connectivity index (χ1v) is 9.84. The standard InChI is InChI=1S/C22H26N2O3/c25-20(19-10-5-16-27-19)24-15-12-22(17-24)11-6-14-23(21(22)26)13-4-9-18-7-2-1-3-8-18/h1-3,5,7-8,10,16H,4,6,9,11-15,17H2/t22-/m1/s1. The number of benzene rings is 1. The molecule has 2 saturated heterocycles. The normalized spacial score (nSPS) is 22.6. The molecule has 2 amide bonds. The molecule has 5 nitrogen and oxygen atoms in total. The van der Waals surface area contributed by atoms with E-state index in [0.29, 0.717) is 18.8 Å². The number of furan rings is 1. The van der Waals surface area contributed by atoms with Crippen molar-refractivity contribution in [2.45, 2.75) is 32.1 Å². The van der Waals surface area contributed by atoms with Gasteiger partial charge < -0.3 is 14.2 Å². The molecule has 5 heteroatoms. The summed E-state index contributed by atoms with van der Waals surface area (Å²) < 4.78 is 5.24. The van der Waals surface area contributed by atoms with Gasteiger partial charge in [0, 0.05) is 26.2 Å². The Morgan fingerprint density at radius 1 is 1.07 bits per heavy atom. The van der Waals surface area contributed by atoms with Gasteiger partial charge in [-0.3, -0.25) is 9.59 Å². The van der Waals surface area contributed by atoms with Gasteiger partial charge >= 0.3 is 0 Å². The van der Waals surface area contributed by atoms with Gasteiger partial charge in [-0.25, -0.2) is 0 Å². The van der Waals surface area contributed by atoms with Crippen molar-refractivity contribution in [3.05, 3.63) is 60.1 Å². The maximum absolute atomic E-state index is 13.2. The van der Waals surface area contributed by atoms with Crippen molar-refractivity contribution < 1.29 is 14.0 Å². The van der Waals surface area contributed by atoms with Crippen molar-refractivity contribution in [1.29, 1.82) is 0 Å². The van der Waals surface area contributed by atoms with Crippen LogP contribution in [0.25, 0.3) is 0 Å². The van der Waals surface area contributed by atoms with Crippen LogP contribution in [-0.4, -0.2) is 47.8 Å². The summed E-state index contributed by atoms with van der Waals surface area (Å²) in [5.41, 5.74) is 0.917. The molecule has 0 N–H and O–H groups in total. The Labute approximate surface area is 159 Å². The SMILES string of the molecule is O=C(c1ccco1)N1CC[C@]2(CCCN(CCCc3ccccc3)C2=O)C1. The van der Waals surface area contributed by atoms with Gasteiger partial charge in [-0.2, -0.15) is 0 Å². The lowest BCUT2D eigenvalue weighted by Crippen LogP contribution is -2.50. The van der Waals surface area contributed by atoms with Crippen molar-refractivity contribution in [3.8, 4) is 0 Å². The van der Waals surface area contributed by atoms with Gasteiger partial charge in [0.25, 0.3) is 5.91 Å². The first-order valence-electron chi connectivity index (χ1n) is 9.84. The summed E-state index contributed by atoms with van der Waals surface area (Å²) in [7, 11) is 0. The van der Waals surface area contributed by atoms with Crippen LogP contribution in [0.5, 0.6) is 0 Å². The lowest BCUT2D eigenvalue weighted by atomic mass is 9.78. The topological polar surface area (TPSA) is 53.8 Å². The summed E-state index contributed by atoms with van der Waals surface area (Å²) in [6.45, 7) is 2.77. The van der Waals surface area contributed by atoms with Crippen LogP contribution < -0.4 is 0 Å². The predicted molar refractivity (Wildman–Crippen MR) is 102 cm³/mol. The smallest absolute Gasteiger partial charge is 0.289 e. The molecule has 2 fully saturated rings. The number of hydrogen-bond acceptors (Lipinski definition) is 3. The zero-order valence-electron chi connectivity index (χ0n) is 15.6. The third-order valence-electron chi connectivity index (χ3n) is 5.93. The van der Waals surface area contributed by atoms with Crippen LogP contribution in [0.1, 0.15) is 41.8 Å². The summed E-state index contributed by atoms with van der Waals surface area (Å²) in [6.07, 6.45) is 6.12. The zero-order valence-corrected chi connectivity index (χ0v) is 15.6. The molecule has 4 rings (SSSR count). The van der Waals surface area contributed by atoms with E-state index in [1.165, 1.54) is 11.8 Å². The Morgan fingerprint density at radius 3 is 2.70 bits per heavy atom. The molecule has 0 radical (unpaired) electrons. The predicted octanol–water partition coefficient (Wildman–Crippen LogP) is 3.37. The highest BCUT2D eigenvalue weighted by atomic mass is 16.3. The molecule has 2 aliphatic rings. The average molecular weight is 366 g/mol. The molecule has 2 aliphatic heterocycles. The van der Waals surface area contributed by atoms with Crippen LogP contribution in [0.3, 0.4) is 0 Å². The highest BCUT2D eigenvalue weighted by Gasteiger charge is 2.49. The van der Waals surface area contributed by atoms with E-state index in [0.717, 1.165) is 45.2 Å². The first kappa shape index (κ1) is 17.8. The van der Waals surface area contributed by atoms with Gasteiger partial charge in [0.15, 0.2) is 5.76 Å². The van der Waals surface area contributed by atoms with Gasteiger partial charge in [-0.05, 0) is 49.8 Å². The van der Waals surface area contributed by atoms with Gasteiger partial charge in [-0.15, -0.1) is 0 Å². The maximum Gasteiger partial charge on any atom is 0.289 e. The van der Waals surface area contributed by atoms with Crippen molar-refractivity contribution in [1.82, 2.24) is 9.80 Å². The van der Waals surface area contributed by atoms with E-state index in [1.807, 2.05) is 11.0 Å². The Hall–Kier alpha value is -2.56. The molecule has 27 heavy (non-hydrogen) atoms. The molecule has 1 aromatic carbocycles. The Bertz CT molecular complexity index is 787. The lowest BCUT2D eigenvalue weighted by molar-refractivity contribution is -0.145. The molecule has 142 valence electrons. The summed E-state index contributed by atoms with van der Waals surface area (Å²) in [5, 5.41) is 0. The maximum atomic E-state index is 13.2. The number of carbonyl (C=O) groups is 2. The summed E-state index contributed by atoms with van der Waals surface area (Å²) in [6, 6.07) is 13.8. The fourth-order valence-electron chi connectivity index (χ4n) is 4.46. The molecule has 2 aromatic rings. The van der Waals surface area contributed by atoms with Crippen LogP contribution in [-0.2, 0) is 11.2 Å². The number of nitrogens with zero attached hydrogens (tertiary/aromatic N) is 2. The minimum atomic E-state index is -0.396. The van der Waals surface area contributed by atoms with E-state index in [4.69, 9.17) is 4.42 Å². The molecule has 0 aliphatic carbocycles. The Balaban J connectivity index is 1.36. The van der Waals surface area contributed by atoms with Crippen molar-refractivity contribution in [3.63, 3.8) is 0 Å². The largest absolute Gasteiger partial charge is 0.459 e. The van der Waals surface area contributed by atoms with E-state index in [9.17, 15) is 9.59 Å². The van der Waals surface area contributed by atoms with Gasteiger partial charge in [0.05, 0.1) is 11.7 Å². The van der Waals surface area contributed by atoms with Crippen LogP contribution in [0.15, 0.2) is 53.1 Å². The number of hydrogen-bond donors (Lipinski definition) is 0. The third kappa shape index (κ3) is 3.64. The lowest BCUT2D eigenvalue weighted by Gasteiger charge is -2.39. The van der Waals surface area contributed by atoms with E-state index in [2.05, 4.69) is 24.3 Å². The molecule has 0 unspecified atom stereocenters. The fraction of sp³-hybridized carbons (Fsp3) is 0.455. The summed E-state index contributed by atoms with van der Waals surface area (Å²) in [4.78, 5) is 29.6. The Morgan fingerprint density at radius 2 is 1.93 bits per heavy atom. The number of carbonyl (C=O) groups excluding carboxylic acids is 2. The van der Waals surface area contributed by atoms with Gasteiger partial charge in [0.1, 0.15) is 0 Å². The molecule has 1 atom stereocenters. The van der Waals surface area contributed by atoms with Crippen LogP contribution in [0.4, 0.5) is 0 Å². The second-order valence-corrected chi connectivity index (χ2v) is 7.72. The molecule has 0 saturated carbocycles. The molecule has 0 bridgehead atoms. The van der Waals surface area contributed by atoms with E-state index in [-0.39, 0.29) is 11.8 Å². The summed E-state index contributed by atoms with van der Waals surface area (Å²) >= 11 is 0. The molecular formula is C22H26N2O3. The van der Waals surface area contributed by atoms with E-state index in [1.54, 1.807) is 17.0 Å². The summed E-state index contributed by atoms with van der Waals surface area (Å²) in [5.74, 6) is 0.484. The van der Waals surface area contributed by atoms with Crippen molar-refractivity contribution in [2.75, 3.05) is 26.2 Å². The number of amides is 2. The highest BCUT2D eigenvalue weighted by Crippen LogP contribution is 2.40. The van der Waals surface area contributed by atoms with E-state index < -0.39 is 5.41 Å². The number of aryl methyl sites for hydroxylation is 1. The van der Waals surface area contributed by atoms with Crippen LogP contribution in [0.2, 0.25) is 0 Å². The minimum absolute atomic E-state index is 0.106. The Kier molecular flexibility index (Phi) is 5.01. The quantitative estimate of drug-likeness (QED) is 0.815. The van der Waals surface area contributed by atoms with Gasteiger partial charge in [-0.1, -0.05) is 30.3 Å². The van der Waals surface area contributed by atoms with E-state index >= 15 is 0 Å². The molecule has 3 heterocycles. The second kappa shape index (κ2) is 7.59. The molecular weight excluding hydrogens is 340 g/mol. The number of piperidine rings is 1. The minimum Gasteiger partial charge on any atom is -0.459 e. The van der Waals surface area contributed by atoms with Crippen molar-refractivity contribution in [2.24, 2.45) is 5.41 Å². The first-order chi connectivity index (χ1) is 13.2. The fourth-order valence-corrected chi connectivity index (χ4v) is 4.46. The zero-order chi connectivity index (χ0) is 18.7. The number of likely N-dealkylation sites (tertiary alicyclic amines) is 2. The van der Waals surface area contributed by atoms with Crippen LogP contribution in [0, 0.1) is 5.41 Å². The number of rotatable bonds is 5. The third-order valence-corrected chi connectivity index (χ3v) is 5.93. The van der Waals surface area contributed by atoms with Crippen molar-refractivity contribution >= 4 is 11.8 Å². The monoisotopic (exact) mass is 366 g/mol.